The Morgan fingerprint density at radius 1 is 1.20 bits per heavy atom. The summed E-state index contributed by atoms with van der Waals surface area (Å²) in [5.74, 6) is 0.991. The SMILES string of the molecule is CCSc1cccc(N(CC)CCCN(C)C)c1C#N. The molecule has 4 heteroatoms. The Labute approximate surface area is 127 Å². The van der Waals surface area contributed by atoms with E-state index < -0.39 is 0 Å². The van der Waals surface area contributed by atoms with E-state index in [2.05, 4.69) is 55.9 Å². The highest BCUT2D eigenvalue weighted by Gasteiger charge is 2.13. The third-order valence-corrected chi connectivity index (χ3v) is 4.11. The van der Waals surface area contributed by atoms with Crippen LogP contribution in [-0.4, -0.2) is 44.4 Å². The third kappa shape index (κ3) is 4.73. The molecule has 1 aromatic carbocycles. The van der Waals surface area contributed by atoms with Gasteiger partial charge in [0.1, 0.15) is 6.07 Å². The lowest BCUT2D eigenvalue weighted by Gasteiger charge is -2.25. The molecule has 0 unspecified atom stereocenters. The quantitative estimate of drug-likeness (QED) is 0.686. The van der Waals surface area contributed by atoms with Crippen LogP contribution < -0.4 is 4.90 Å². The minimum absolute atomic E-state index is 0.825. The van der Waals surface area contributed by atoms with Crippen LogP contribution in [0.4, 0.5) is 5.69 Å². The lowest BCUT2D eigenvalue weighted by Crippen LogP contribution is -2.27. The lowest BCUT2D eigenvalue weighted by molar-refractivity contribution is 0.400. The standard InChI is InChI=1S/C16H25N3S/c1-5-19(12-8-11-18(3)4)15-9-7-10-16(20-6-2)14(15)13-17/h7,9-10H,5-6,8,11-12H2,1-4H3. The van der Waals surface area contributed by atoms with E-state index in [1.165, 1.54) is 0 Å². The van der Waals surface area contributed by atoms with Crippen molar-refractivity contribution in [1.82, 2.24) is 4.90 Å². The number of nitriles is 1. The highest BCUT2D eigenvalue weighted by molar-refractivity contribution is 7.99. The van der Waals surface area contributed by atoms with Crippen molar-refractivity contribution in [3.8, 4) is 6.07 Å². The van der Waals surface area contributed by atoms with Crippen LogP contribution in [0, 0.1) is 11.3 Å². The van der Waals surface area contributed by atoms with Crippen molar-refractivity contribution in [2.45, 2.75) is 25.2 Å². The molecule has 1 aromatic rings. The van der Waals surface area contributed by atoms with Crippen molar-refractivity contribution in [2.75, 3.05) is 44.4 Å². The van der Waals surface area contributed by atoms with E-state index in [0.717, 1.165) is 48.0 Å². The Kier molecular flexibility index (Phi) is 7.50. The smallest absolute Gasteiger partial charge is 0.103 e. The van der Waals surface area contributed by atoms with Gasteiger partial charge in [-0.1, -0.05) is 13.0 Å². The summed E-state index contributed by atoms with van der Waals surface area (Å²) in [7, 11) is 4.19. The van der Waals surface area contributed by atoms with E-state index in [-0.39, 0.29) is 0 Å². The first kappa shape index (κ1) is 16.9. The first-order chi connectivity index (χ1) is 9.63. The fraction of sp³-hybridized carbons (Fsp3) is 0.562. The lowest BCUT2D eigenvalue weighted by atomic mass is 10.1. The van der Waals surface area contributed by atoms with Gasteiger partial charge in [0.05, 0.1) is 11.3 Å². The van der Waals surface area contributed by atoms with E-state index in [4.69, 9.17) is 0 Å². The number of rotatable bonds is 8. The van der Waals surface area contributed by atoms with Gasteiger partial charge < -0.3 is 9.80 Å². The molecule has 0 spiro atoms. The molecule has 0 bridgehead atoms. The summed E-state index contributed by atoms with van der Waals surface area (Å²) in [4.78, 5) is 5.60. The number of benzene rings is 1. The predicted octanol–water partition coefficient (Wildman–Crippen LogP) is 3.45. The molecule has 1 rings (SSSR count). The zero-order valence-corrected chi connectivity index (χ0v) is 13.8. The van der Waals surface area contributed by atoms with Crippen molar-refractivity contribution in [3.05, 3.63) is 23.8 Å². The van der Waals surface area contributed by atoms with Crippen molar-refractivity contribution < 1.29 is 0 Å². The van der Waals surface area contributed by atoms with Gasteiger partial charge in [0.15, 0.2) is 0 Å². The van der Waals surface area contributed by atoms with Crippen LogP contribution in [0.25, 0.3) is 0 Å². The van der Waals surface area contributed by atoms with Crippen molar-refractivity contribution in [2.24, 2.45) is 0 Å². The summed E-state index contributed by atoms with van der Waals surface area (Å²) in [6.07, 6.45) is 1.11. The molecular formula is C16H25N3S. The molecule has 0 aliphatic carbocycles. The third-order valence-electron chi connectivity index (χ3n) is 3.17. The molecule has 0 amide bonds. The second kappa shape index (κ2) is 8.89. The second-order valence-electron chi connectivity index (χ2n) is 4.93. The zero-order valence-electron chi connectivity index (χ0n) is 13.0. The van der Waals surface area contributed by atoms with Crippen LogP contribution in [0.5, 0.6) is 0 Å². The van der Waals surface area contributed by atoms with E-state index in [0.29, 0.717) is 0 Å². The molecule has 0 radical (unpaired) electrons. The fourth-order valence-electron chi connectivity index (χ4n) is 2.20. The largest absolute Gasteiger partial charge is 0.371 e. The highest BCUT2D eigenvalue weighted by atomic mass is 32.2. The molecule has 0 aliphatic heterocycles. The number of nitrogens with zero attached hydrogens (tertiary/aromatic N) is 3. The van der Waals surface area contributed by atoms with Crippen LogP contribution in [0.2, 0.25) is 0 Å². The first-order valence-corrected chi connectivity index (χ1v) is 8.18. The second-order valence-corrected chi connectivity index (χ2v) is 6.24. The first-order valence-electron chi connectivity index (χ1n) is 7.19. The molecule has 0 aliphatic rings. The van der Waals surface area contributed by atoms with E-state index in [1.807, 2.05) is 6.07 Å². The minimum Gasteiger partial charge on any atom is -0.371 e. The zero-order chi connectivity index (χ0) is 15.0. The summed E-state index contributed by atoms with van der Waals surface area (Å²) < 4.78 is 0. The fourth-order valence-corrected chi connectivity index (χ4v) is 2.98. The van der Waals surface area contributed by atoms with Gasteiger partial charge in [0, 0.05) is 18.0 Å². The maximum atomic E-state index is 9.49. The summed E-state index contributed by atoms with van der Waals surface area (Å²) in [5.41, 5.74) is 1.90. The van der Waals surface area contributed by atoms with Gasteiger partial charge in [-0.15, -0.1) is 11.8 Å². The molecule has 20 heavy (non-hydrogen) atoms. The van der Waals surface area contributed by atoms with Gasteiger partial charge in [-0.2, -0.15) is 5.26 Å². The Morgan fingerprint density at radius 3 is 2.50 bits per heavy atom. The summed E-state index contributed by atoms with van der Waals surface area (Å²) in [6.45, 7) is 7.26. The van der Waals surface area contributed by atoms with Crippen molar-refractivity contribution in [1.29, 1.82) is 5.26 Å². The Bertz CT molecular complexity index is 452. The van der Waals surface area contributed by atoms with E-state index in [9.17, 15) is 5.26 Å². The van der Waals surface area contributed by atoms with Crippen molar-refractivity contribution in [3.63, 3.8) is 0 Å². The van der Waals surface area contributed by atoms with E-state index >= 15 is 0 Å². The molecule has 0 saturated heterocycles. The summed E-state index contributed by atoms with van der Waals surface area (Å²) >= 11 is 1.74. The molecule has 0 fully saturated rings. The van der Waals surface area contributed by atoms with Gasteiger partial charge in [-0.3, -0.25) is 0 Å². The maximum Gasteiger partial charge on any atom is 0.103 e. The Hall–Kier alpha value is -1.18. The predicted molar refractivity (Wildman–Crippen MR) is 88.6 cm³/mol. The van der Waals surface area contributed by atoms with Crippen LogP contribution in [0.15, 0.2) is 23.1 Å². The number of thioether (sulfide) groups is 1. The molecule has 0 N–H and O–H groups in total. The van der Waals surface area contributed by atoms with Crippen LogP contribution in [0.3, 0.4) is 0 Å². The summed E-state index contributed by atoms with van der Waals surface area (Å²) in [5, 5.41) is 9.49. The number of hydrogen-bond acceptors (Lipinski definition) is 4. The molecule has 0 saturated carbocycles. The van der Waals surface area contributed by atoms with E-state index in [1.54, 1.807) is 11.8 Å². The average Bonchev–Trinajstić information content (AvgIpc) is 2.43. The van der Waals surface area contributed by atoms with Gasteiger partial charge in [-0.05, 0) is 51.9 Å². The number of anilines is 1. The maximum absolute atomic E-state index is 9.49. The summed E-state index contributed by atoms with van der Waals surface area (Å²) in [6, 6.07) is 8.56. The molecule has 0 heterocycles. The Balaban J connectivity index is 2.91. The van der Waals surface area contributed by atoms with Gasteiger partial charge in [0.25, 0.3) is 0 Å². The van der Waals surface area contributed by atoms with Crippen LogP contribution in [-0.2, 0) is 0 Å². The average molecular weight is 291 g/mol. The van der Waals surface area contributed by atoms with Crippen LogP contribution >= 0.6 is 11.8 Å². The minimum atomic E-state index is 0.825. The number of hydrogen-bond donors (Lipinski definition) is 0. The van der Waals surface area contributed by atoms with Gasteiger partial charge in [-0.25, -0.2) is 0 Å². The monoisotopic (exact) mass is 291 g/mol. The highest BCUT2D eigenvalue weighted by Crippen LogP contribution is 2.30. The van der Waals surface area contributed by atoms with Crippen LogP contribution in [0.1, 0.15) is 25.8 Å². The molecule has 3 nitrogen and oxygen atoms in total. The van der Waals surface area contributed by atoms with Gasteiger partial charge >= 0.3 is 0 Å². The Morgan fingerprint density at radius 2 is 1.95 bits per heavy atom. The topological polar surface area (TPSA) is 30.3 Å². The van der Waals surface area contributed by atoms with Crippen molar-refractivity contribution >= 4 is 17.4 Å². The molecule has 0 aromatic heterocycles. The van der Waals surface area contributed by atoms with Gasteiger partial charge in [0.2, 0.25) is 0 Å². The molecule has 110 valence electrons. The molecular weight excluding hydrogens is 266 g/mol. The molecule has 0 atom stereocenters. The normalized spacial score (nSPS) is 10.6.